The molecule has 3 heteroatoms. The lowest BCUT2D eigenvalue weighted by Crippen LogP contribution is -2.28. The average molecular weight is 229 g/mol. The smallest absolute Gasteiger partial charge is 0.137 e. The summed E-state index contributed by atoms with van der Waals surface area (Å²) in [6.45, 7) is 5.29. The number of imidazole rings is 1. The monoisotopic (exact) mass is 229 g/mol. The first-order valence-electron chi connectivity index (χ1n) is 6.41. The number of rotatable bonds is 4. The van der Waals surface area contributed by atoms with E-state index in [1.54, 1.807) is 0 Å². The molecule has 0 aromatic carbocycles. The highest BCUT2D eigenvalue weighted by Gasteiger charge is 2.27. The van der Waals surface area contributed by atoms with Crippen molar-refractivity contribution in [2.24, 2.45) is 5.92 Å². The summed E-state index contributed by atoms with van der Waals surface area (Å²) < 4.78 is 2.18. The Kier molecular flexibility index (Phi) is 2.63. The summed E-state index contributed by atoms with van der Waals surface area (Å²) >= 11 is 0. The van der Waals surface area contributed by atoms with Gasteiger partial charge in [0, 0.05) is 18.8 Å². The first kappa shape index (κ1) is 10.8. The summed E-state index contributed by atoms with van der Waals surface area (Å²) in [6, 6.07) is 6.78. The standard InChI is InChI=1S/C14H19N3/c1-10(12-6-7-12)15-9-13-11(2)16-14-5-3-4-8-17(13)14/h3-5,8,10,12,15H,6-7,9H2,1-2H3. The molecule has 17 heavy (non-hydrogen) atoms. The van der Waals surface area contributed by atoms with Crippen LogP contribution in [0.2, 0.25) is 0 Å². The molecule has 0 spiro atoms. The number of nitrogens with one attached hydrogen (secondary N) is 1. The zero-order valence-electron chi connectivity index (χ0n) is 10.5. The second-order valence-corrected chi connectivity index (χ2v) is 5.08. The lowest BCUT2D eigenvalue weighted by atomic mass is 10.2. The van der Waals surface area contributed by atoms with E-state index in [-0.39, 0.29) is 0 Å². The molecule has 1 fully saturated rings. The van der Waals surface area contributed by atoms with Gasteiger partial charge in [0.1, 0.15) is 5.65 Å². The molecule has 0 radical (unpaired) electrons. The minimum absolute atomic E-state index is 0.628. The summed E-state index contributed by atoms with van der Waals surface area (Å²) in [4.78, 5) is 4.57. The van der Waals surface area contributed by atoms with Crippen molar-refractivity contribution in [1.82, 2.24) is 14.7 Å². The summed E-state index contributed by atoms with van der Waals surface area (Å²) in [6.07, 6.45) is 4.87. The minimum atomic E-state index is 0.628. The molecule has 1 aliphatic carbocycles. The molecule has 0 aliphatic heterocycles. The molecular weight excluding hydrogens is 210 g/mol. The molecule has 0 saturated heterocycles. The van der Waals surface area contributed by atoms with Crippen molar-refractivity contribution < 1.29 is 0 Å². The van der Waals surface area contributed by atoms with Gasteiger partial charge in [-0.3, -0.25) is 0 Å². The van der Waals surface area contributed by atoms with Crippen LogP contribution in [0.5, 0.6) is 0 Å². The van der Waals surface area contributed by atoms with Gasteiger partial charge in [0.15, 0.2) is 0 Å². The third kappa shape index (κ3) is 2.07. The van der Waals surface area contributed by atoms with Gasteiger partial charge in [0.25, 0.3) is 0 Å². The Morgan fingerprint density at radius 2 is 2.29 bits per heavy atom. The van der Waals surface area contributed by atoms with Crippen LogP contribution in [0.25, 0.3) is 5.65 Å². The van der Waals surface area contributed by atoms with Gasteiger partial charge in [-0.2, -0.15) is 0 Å². The van der Waals surface area contributed by atoms with E-state index in [0.29, 0.717) is 6.04 Å². The molecule has 1 saturated carbocycles. The first-order valence-corrected chi connectivity index (χ1v) is 6.41. The predicted octanol–water partition coefficient (Wildman–Crippen LogP) is 2.53. The molecule has 0 bridgehead atoms. The lowest BCUT2D eigenvalue weighted by Gasteiger charge is -2.12. The van der Waals surface area contributed by atoms with Crippen molar-refractivity contribution in [3.63, 3.8) is 0 Å². The maximum Gasteiger partial charge on any atom is 0.137 e. The Hall–Kier alpha value is -1.35. The number of aromatic nitrogens is 2. The SMILES string of the molecule is Cc1nc2ccccn2c1CNC(C)C1CC1. The molecule has 1 aliphatic rings. The zero-order valence-corrected chi connectivity index (χ0v) is 10.5. The average Bonchev–Trinajstić information content (AvgIpc) is 3.11. The van der Waals surface area contributed by atoms with Gasteiger partial charge >= 0.3 is 0 Å². The van der Waals surface area contributed by atoms with Crippen LogP contribution in [0.3, 0.4) is 0 Å². The van der Waals surface area contributed by atoms with Crippen molar-refractivity contribution in [1.29, 1.82) is 0 Å². The summed E-state index contributed by atoms with van der Waals surface area (Å²) in [5, 5.41) is 3.62. The normalized spacial score (nSPS) is 17.5. The van der Waals surface area contributed by atoms with Crippen molar-refractivity contribution in [2.45, 2.75) is 39.3 Å². The van der Waals surface area contributed by atoms with Crippen LogP contribution in [-0.4, -0.2) is 15.4 Å². The fraction of sp³-hybridized carbons (Fsp3) is 0.500. The quantitative estimate of drug-likeness (QED) is 0.873. The number of fused-ring (bicyclic) bond motifs is 1. The molecule has 1 N–H and O–H groups in total. The molecule has 0 amide bonds. The molecule has 2 aromatic rings. The molecule has 3 nitrogen and oxygen atoms in total. The molecule has 1 unspecified atom stereocenters. The van der Waals surface area contributed by atoms with Gasteiger partial charge in [0.05, 0.1) is 11.4 Å². The third-order valence-corrected chi connectivity index (χ3v) is 3.75. The van der Waals surface area contributed by atoms with E-state index in [2.05, 4.69) is 46.9 Å². The minimum Gasteiger partial charge on any atom is -0.308 e. The van der Waals surface area contributed by atoms with Crippen LogP contribution in [-0.2, 0) is 6.54 Å². The highest BCUT2D eigenvalue weighted by atomic mass is 15.0. The van der Waals surface area contributed by atoms with Crippen molar-refractivity contribution in [3.05, 3.63) is 35.8 Å². The van der Waals surface area contributed by atoms with E-state index in [0.717, 1.165) is 23.8 Å². The molecule has 3 rings (SSSR count). The summed E-state index contributed by atoms with van der Waals surface area (Å²) in [7, 11) is 0. The molecule has 2 heterocycles. The van der Waals surface area contributed by atoms with Gasteiger partial charge in [0.2, 0.25) is 0 Å². The van der Waals surface area contributed by atoms with Gasteiger partial charge in [-0.1, -0.05) is 6.07 Å². The van der Waals surface area contributed by atoms with Crippen LogP contribution < -0.4 is 5.32 Å². The van der Waals surface area contributed by atoms with E-state index in [4.69, 9.17) is 0 Å². The maximum absolute atomic E-state index is 4.57. The fourth-order valence-electron chi connectivity index (χ4n) is 2.40. The number of pyridine rings is 1. The third-order valence-electron chi connectivity index (χ3n) is 3.75. The van der Waals surface area contributed by atoms with Gasteiger partial charge in [-0.05, 0) is 44.7 Å². The van der Waals surface area contributed by atoms with Crippen LogP contribution in [0, 0.1) is 12.8 Å². The van der Waals surface area contributed by atoms with E-state index in [1.165, 1.54) is 18.5 Å². The Morgan fingerprint density at radius 1 is 1.47 bits per heavy atom. The Bertz CT molecular complexity index is 525. The number of nitrogens with zero attached hydrogens (tertiary/aromatic N) is 2. The van der Waals surface area contributed by atoms with Crippen molar-refractivity contribution in [3.8, 4) is 0 Å². The lowest BCUT2D eigenvalue weighted by molar-refractivity contribution is 0.490. The predicted molar refractivity (Wildman–Crippen MR) is 69.0 cm³/mol. The van der Waals surface area contributed by atoms with Crippen LogP contribution in [0.4, 0.5) is 0 Å². The maximum atomic E-state index is 4.57. The second-order valence-electron chi connectivity index (χ2n) is 5.08. The van der Waals surface area contributed by atoms with Gasteiger partial charge in [-0.15, -0.1) is 0 Å². The van der Waals surface area contributed by atoms with Crippen molar-refractivity contribution in [2.75, 3.05) is 0 Å². The van der Waals surface area contributed by atoms with Crippen LogP contribution in [0.15, 0.2) is 24.4 Å². The second kappa shape index (κ2) is 4.15. The van der Waals surface area contributed by atoms with Crippen LogP contribution >= 0.6 is 0 Å². The number of hydrogen-bond donors (Lipinski definition) is 1. The molecule has 90 valence electrons. The molecular formula is C14H19N3. The van der Waals surface area contributed by atoms with E-state index >= 15 is 0 Å². The Balaban J connectivity index is 1.81. The first-order chi connectivity index (χ1) is 8.25. The number of aryl methyl sites for hydroxylation is 1. The van der Waals surface area contributed by atoms with E-state index in [9.17, 15) is 0 Å². The highest BCUT2D eigenvalue weighted by molar-refractivity contribution is 5.42. The van der Waals surface area contributed by atoms with Gasteiger partial charge in [-0.25, -0.2) is 4.98 Å². The van der Waals surface area contributed by atoms with E-state index < -0.39 is 0 Å². The Labute approximate surface area is 102 Å². The zero-order chi connectivity index (χ0) is 11.8. The highest BCUT2D eigenvalue weighted by Crippen LogP contribution is 2.32. The molecule has 2 aromatic heterocycles. The van der Waals surface area contributed by atoms with E-state index in [1.807, 2.05) is 6.07 Å². The Morgan fingerprint density at radius 3 is 3.06 bits per heavy atom. The van der Waals surface area contributed by atoms with Crippen molar-refractivity contribution >= 4 is 5.65 Å². The van der Waals surface area contributed by atoms with Crippen LogP contribution in [0.1, 0.15) is 31.2 Å². The largest absolute Gasteiger partial charge is 0.308 e. The number of hydrogen-bond acceptors (Lipinski definition) is 2. The summed E-state index contributed by atoms with van der Waals surface area (Å²) in [5.41, 5.74) is 3.46. The van der Waals surface area contributed by atoms with Gasteiger partial charge < -0.3 is 9.72 Å². The topological polar surface area (TPSA) is 29.3 Å². The molecule has 1 atom stereocenters. The summed E-state index contributed by atoms with van der Waals surface area (Å²) in [5.74, 6) is 0.898. The fourth-order valence-corrected chi connectivity index (χ4v) is 2.40.